The van der Waals surface area contributed by atoms with Gasteiger partial charge in [0.1, 0.15) is 29.1 Å². The van der Waals surface area contributed by atoms with Crippen LogP contribution in [0.25, 0.3) is 5.69 Å². The van der Waals surface area contributed by atoms with E-state index in [-0.39, 0.29) is 34.1 Å². The molecule has 1 aromatic heterocycles. The number of nitrogen functional groups attached to an aromatic ring is 1. The van der Waals surface area contributed by atoms with Crippen molar-refractivity contribution in [3.05, 3.63) is 93.4 Å². The molecule has 4 aromatic rings. The SMILES string of the molecule is COc1ccccc1-n1nc(C(Nc2ccc(C(=N)N)c(OC(=O)C(F)(F)F)c2)c2cc(C)cc(OC)c2F)[nH]c1=O. The van der Waals surface area contributed by atoms with Gasteiger partial charge in [-0.05, 0) is 42.8 Å². The monoisotopic (exact) mass is 588 g/mol. The number of nitrogens with zero attached hydrogens (tertiary/aromatic N) is 2. The number of aryl methyl sites for hydroxylation is 1. The molecule has 0 aliphatic carbocycles. The van der Waals surface area contributed by atoms with Gasteiger partial charge >= 0.3 is 17.8 Å². The van der Waals surface area contributed by atoms with Gasteiger partial charge in [-0.15, -0.1) is 5.10 Å². The second-order valence-corrected chi connectivity index (χ2v) is 8.86. The minimum Gasteiger partial charge on any atom is -0.494 e. The number of aromatic nitrogens is 3. The first kappa shape index (κ1) is 29.6. The summed E-state index contributed by atoms with van der Waals surface area (Å²) in [6, 6.07) is 11.6. The molecule has 3 aromatic carbocycles. The molecule has 4 rings (SSSR count). The first-order chi connectivity index (χ1) is 19.8. The summed E-state index contributed by atoms with van der Waals surface area (Å²) in [6.45, 7) is 1.68. The fourth-order valence-corrected chi connectivity index (χ4v) is 4.10. The minimum atomic E-state index is -5.33. The second kappa shape index (κ2) is 11.6. The first-order valence-corrected chi connectivity index (χ1v) is 12.0. The van der Waals surface area contributed by atoms with Crippen molar-refractivity contribution in [3.63, 3.8) is 0 Å². The number of hydrogen-bond donors (Lipinski definition) is 4. The Morgan fingerprint density at radius 1 is 1.07 bits per heavy atom. The molecule has 0 aliphatic heterocycles. The summed E-state index contributed by atoms with van der Waals surface area (Å²) in [5.41, 5.74) is 5.28. The maximum absolute atomic E-state index is 15.6. The third-order valence-corrected chi connectivity index (χ3v) is 5.98. The van der Waals surface area contributed by atoms with E-state index in [0.29, 0.717) is 11.3 Å². The van der Waals surface area contributed by atoms with Crippen LogP contribution in [0.1, 0.15) is 28.6 Å². The van der Waals surface area contributed by atoms with Gasteiger partial charge in [-0.1, -0.05) is 18.2 Å². The maximum atomic E-state index is 15.6. The Hall–Kier alpha value is -5.34. The van der Waals surface area contributed by atoms with Crippen LogP contribution in [-0.4, -0.2) is 47.0 Å². The number of ether oxygens (including phenoxy) is 3. The van der Waals surface area contributed by atoms with Crippen molar-refractivity contribution >= 4 is 17.5 Å². The van der Waals surface area contributed by atoms with Crippen LogP contribution in [0.3, 0.4) is 0 Å². The number of anilines is 1. The zero-order chi connectivity index (χ0) is 30.8. The van der Waals surface area contributed by atoms with E-state index in [4.69, 9.17) is 20.6 Å². The summed E-state index contributed by atoms with van der Waals surface area (Å²) >= 11 is 0. The number of H-pyrrole nitrogens is 1. The van der Waals surface area contributed by atoms with Gasteiger partial charge in [-0.25, -0.2) is 14.0 Å². The van der Waals surface area contributed by atoms with Crippen molar-refractivity contribution in [2.24, 2.45) is 5.73 Å². The van der Waals surface area contributed by atoms with Gasteiger partial charge in [-0.3, -0.25) is 10.4 Å². The Kier molecular flexibility index (Phi) is 8.22. The van der Waals surface area contributed by atoms with Crippen molar-refractivity contribution in [2.45, 2.75) is 19.1 Å². The molecule has 1 atom stereocenters. The van der Waals surface area contributed by atoms with Crippen LogP contribution in [-0.2, 0) is 4.79 Å². The standard InChI is InChI=1S/C27H24F4N6O5/c1-13-10-16(21(28)20(11-13)41-3)22(24-35-26(39)37(36-24)17-6-4-5-7-18(17)40-2)34-14-8-9-15(23(32)33)19(12-14)42-25(38)27(29,30)31/h4-12,22,34H,1-3H3,(H3,32,33)(H,35,36,39). The van der Waals surface area contributed by atoms with Crippen molar-refractivity contribution < 1.29 is 36.6 Å². The highest BCUT2D eigenvalue weighted by molar-refractivity contribution is 5.99. The van der Waals surface area contributed by atoms with Crippen LogP contribution < -0.4 is 31.0 Å². The highest BCUT2D eigenvalue weighted by atomic mass is 19.4. The zero-order valence-corrected chi connectivity index (χ0v) is 22.3. The van der Waals surface area contributed by atoms with Gasteiger partial charge in [0.25, 0.3) is 0 Å². The van der Waals surface area contributed by atoms with Crippen molar-refractivity contribution in [1.82, 2.24) is 14.8 Å². The average Bonchev–Trinajstić information content (AvgIpc) is 3.33. The topological polar surface area (TPSA) is 157 Å². The van der Waals surface area contributed by atoms with Crippen LogP contribution in [0.2, 0.25) is 0 Å². The molecular weight excluding hydrogens is 564 g/mol. The molecule has 1 heterocycles. The lowest BCUT2D eigenvalue weighted by molar-refractivity contribution is -0.189. The Morgan fingerprint density at radius 3 is 2.40 bits per heavy atom. The van der Waals surface area contributed by atoms with E-state index < -0.39 is 41.3 Å². The molecule has 220 valence electrons. The molecule has 0 spiro atoms. The quantitative estimate of drug-likeness (QED) is 0.0752. The van der Waals surface area contributed by atoms with Gasteiger partial charge in [-0.2, -0.15) is 17.9 Å². The predicted octanol–water partition coefficient (Wildman–Crippen LogP) is 3.98. The summed E-state index contributed by atoms with van der Waals surface area (Å²) in [4.78, 5) is 27.1. The number of amidine groups is 1. The van der Waals surface area contributed by atoms with Crippen molar-refractivity contribution in [1.29, 1.82) is 5.41 Å². The summed E-state index contributed by atoms with van der Waals surface area (Å²) in [5, 5.41) is 14.9. The van der Waals surface area contributed by atoms with Crippen LogP contribution >= 0.6 is 0 Å². The summed E-state index contributed by atoms with van der Waals surface area (Å²) in [7, 11) is 2.67. The highest BCUT2D eigenvalue weighted by Gasteiger charge is 2.42. The smallest absolute Gasteiger partial charge is 0.491 e. The molecule has 15 heteroatoms. The molecule has 0 amide bonds. The van der Waals surface area contributed by atoms with E-state index >= 15 is 4.39 Å². The zero-order valence-electron chi connectivity index (χ0n) is 22.3. The molecule has 0 fully saturated rings. The molecule has 0 radical (unpaired) electrons. The second-order valence-electron chi connectivity index (χ2n) is 8.86. The molecular formula is C27H24F4N6O5. The average molecular weight is 589 g/mol. The number of alkyl halides is 3. The Morgan fingerprint density at radius 2 is 1.76 bits per heavy atom. The molecule has 0 saturated heterocycles. The van der Waals surface area contributed by atoms with Gasteiger partial charge in [0.15, 0.2) is 17.4 Å². The molecule has 1 unspecified atom stereocenters. The van der Waals surface area contributed by atoms with Gasteiger partial charge < -0.3 is 25.3 Å². The largest absolute Gasteiger partial charge is 0.494 e. The number of benzene rings is 3. The minimum absolute atomic E-state index is 0.00235. The number of carbonyl (C=O) groups excluding carboxylic acids is 1. The number of rotatable bonds is 9. The van der Waals surface area contributed by atoms with E-state index in [9.17, 15) is 22.8 Å². The fourth-order valence-electron chi connectivity index (χ4n) is 4.10. The molecule has 0 bridgehead atoms. The summed E-state index contributed by atoms with van der Waals surface area (Å²) < 4.78 is 70.4. The normalized spacial score (nSPS) is 12.0. The van der Waals surface area contributed by atoms with E-state index in [1.807, 2.05) is 0 Å². The van der Waals surface area contributed by atoms with E-state index in [2.05, 4.69) is 20.1 Å². The van der Waals surface area contributed by atoms with Crippen LogP contribution in [0.5, 0.6) is 17.2 Å². The molecule has 11 nitrogen and oxygen atoms in total. The third-order valence-electron chi connectivity index (χ3n) is 5.98. The maximum Gasteiger partial charge on any atom is 0.491 e. The number of nitrogens with one attached hydrogen (secondary N) is 3. The summed E-state index contributed by atoms with van der Waals surface area (Å²) in [5.74, 6) is -4.58. The molecule has 5 N–H and O–H groups in total. The van der Waals surface area contributed by atoms with Gasteiger partial charge in [0.05, 0.1) is 19.8 Å². The van der Waals surface area contributed by atoms with Crippen LogP contribution in [0, 0.1) is 18.2 Å². The lowest BCUT2D eigenvalue weighted by atomic mass is 10.0. The number of aromatic amines is 1. The van der Waals surface area contributed by atoms with E-state index in [1.54, 1.807) is 31.2 Å². The number of carbonyl (C=O) groups is 1. The molecule has 0 aliphatic rings. The Bertz CT molecular complexity index is 1720. The number of halogens is 4. The third kappa shape index (κ3) is 6.04. The number of methoxy groups -OCH3 is 2. The molecule has 42 heavy (non-hydrogen) atoms. The lowest BCUT2D eigenvalue weighted by Gasteiger charge is -2.21. The number of nitrogens with two attached hydrogens (primary N) is 1. The number of para-hydroxylation sites is 2. The van der Waals surface area contributed by atoms with Crippen molar-refractivity contribution in [3.8, 4) is 22.9 Å². The number of hydrogen-bond acceptors (Lipinski definition) is 8. The van der Waals surface area contributed by atoms with Crippen LogP contribution in [0.4, 0.5) is 23.2 Å². The van der Waals surface area contributed by atoms with Gasteiger partial charge in [0.2, 0.25) is 0 Å². The Balaban J connectivity index is 1.87. The van der Waals surface area contributed by atoms with Gasteiger partial charge in [0, 0.05) is 17.3 Å². The van der Waals surface area contributed by atoms with Crippen molar-refractivity contribution in [2.75, 3.05) is 19.5 Å². The highest BCUT2D eigenvalue weighted by Crippen LogP contribution is 2.34. The van der Waals surface area contributed by atoms with E-state index in [0.717, 1.165) is 16.8 Å². The predicted molar refractivity (Wildman–Crippen MR) is 143 cm³/mol. The first-order valence-electron chi connectivity index (χ1n) is 12.0. The van der Waals surface area contributed by atoms with Crippen LogP contribution in [0.15, 0.2) is 59.4 Å². The fraction of sp³-hybridized carbons (Fsp3) is 0.185. The lowest BCUT2D eigenvalue weighted by Crippen LogP contribution is -2.29. The van der Waals surface area contributed by atoms with E-state index in [1.165, 1.54) is 32.4 Å². The number of esters is 1. The Labute approximate surface area is 235 Å². The summed E-state index contributed by atoms with van der Waals surface area (Å²) in [6.07, 6.45) is -5.33. The molecule has 0 saturated carbocycles.